The molecule has 0 bridgehead atoms. The number of anilines is 2. The Morgan fingerprint density at radius 2 is 0.762 bits per heavy atom. The van der Waals surface area contributed by atoms with Gasteiger partial charge in [-0.15, -0.1) is 0 Å². The molecule has 0 aromatic heterocycles. The molecule has 1 fully saturated rings. The van der Waals surface area contributed by atoms with Gasteiger partial charge in [-0.1, -0.05) is 12.8 Å². The predicted molar refractivity (Wildman–Crippen MR) is 138 cm³/mol. The lowest BCUT2D eigenvalue weighted by Crippen LogP contribution is -2.54. The van der Waals surface area contributed by atoms with Crippen LogP contribution in [0, 0.1) is 0 Å². The van der Waals surface area contributed by atoms with Crippen molar-refractivity contribution >= 4 is 46.0 Å². The molecule has 0 heterocycles. The van der Waals surface area contributed by atoms with Gasteiger partial charge >= 0.3 is 24.7 Å². The molecule has 0 saturated heterocycles. The molecule has 232 valence electrons. The predicted octanol–water partition coefficient (Wildman–Crippen LogP) is 8.35. The van der Waals surface area contributed by atoms with E-state index in [1.54, 1.807) is 0 Å². The molecule has 1 aliphatic carbocycles. The van der Waals surface area contributed by atoms with Crippen LogP contribution in [-0.2, 0) is 24.7 Å². The summed E-state index contributed by atoms with van der Waals surface area (Å²) in [6.07, 6.45) is -18.3. The maximum atomic E-state index is 13.2. The molecule has 0 spiro atoms. The number of nitrogens with one attached hydrogen (secondary N) is 4. The topological polar surface area (TPSA) is 48.1 Å². The van der Waals surface area contributed by atoms with Crippen molar-refractivity contribution in [3.8, 4) is 0 Å². The van der Waals surface area contributed by atoms with Crippen molar-refractivity contribution in [3.05, 3.63) is 58.7 Å². The zero-order chi connectivity index (χ0) is 31.7. The summed E-state index contributed by atoms with van der Waals surface area (Å²) >= 11 is 10.2. The van der Waals surface area contributed by atoms with E-state index in [1.165, 1.54) is 0 Å². The van der Waals surface area contributed by atoms with E-state index in [0.29, 0.717) is 49.9 Å². The van der Waals surface area contributed by atoms with Gasteiger partial charge < -0.3 is 21.3 Å². The molecule has 0 radical (unpaired) electrons. The Morgan fingerprint density at radius 1 is 0.500 bits per heavy atom. The van der Waals surface area contributed by atoms with Gasteiger partial charge in [0.15, 0.2) is 10.2 Å². The second-order valence-electron chi connectivity index (χ2n) is 9.28. The van der Waals surface area contributed by atoms with E-state index in [1.807, 2.05) is 0 Å². The highest BCUT2D eigenvalue weighted by atomic mass is 32.1. The summed E-state index contributed by atoms with van der Waals surface area (Å²) in [4.78, 5) is 0. The summed E-state index contributed by atoms with van der Waals surface area (Å²) < 4.78 is 158. The van der Waals surface area contributed by atoms with E-state index >= 15 is 0 Å². The van der Waals surface area contributed by atoms with Crippen LogP contribution >= 0.6 is 24.4 Å². The summed E-state index contributed by atoms with van der Waals surface area (Å²) in [5.41, 5.74) is -7.40. The molecule has 1 aliphatic rings. The van der Waals surface area contributed by atoms with Crippen LogP contribution in [0.5, 0.6) is 0 Å². The number of halogens is 12. The van der Waals surface area contributed by atoms with E-state index in [9.17, 15) is 52.7 Å². The summed E-state index contributed by atoms with van der Waals surface area (Å²) in [5.74, 6) is 0. The second-order valence-corrected chi connectivity index (χ2v) is 10.1. The molecular formula is C24H20F12N4S2. The van der Waals surface area contributed by atoms with Crippen molar-refractivity contribution in [1.29, 1.82) is 0 Å². The van der Waals surface area contributed by atoms with Crippen LogP contribution < -0.4 is 21.3 Å². The van der Waals surface area contributed by atoms with Gasteiger partial charge in [0, 0.05) is 23.5 Å². The van der Waals surface area contributed by atoms with Crippen LogP contribution in [0.15, 0.2) is 36.4 Å². The van der Waals surface area contributed by atoms with Crippen LogP contribution in [0.4, 0.5) is 64.1 Å². The Balaban J connectivity index is 1.73. The lowest BCUT2D eigenvalue weighted by molar-refractivity contribution is -0.144. The fourth-order valence-electron chi connectivity index (χ4n) is 4.20. The Kier molecular flexibility index (Phi) is 9.81. The monoisotopic (exact) mass is 656 g/mol. The summed E-state index contributed by atoms with van der Waals surface area (Å²) in [6.45, 7) is 0. The first-order valence-corrected chi connectivity index (χ1v) is 12.7. The van der Waals surface area contributed by atoms with E-state index in [2.05, 4.69) is 21.3 Å². The average Bonchev–Trinajstić information content (AvgIpc) is 2.82. The van der Waals surface area contributed by atoms with Gasteiger partial charge in [-0.25, -0.2) is 0 Å². The number of hydrogen-bond acceptors (Lipinski definition) is 2. The van der Waals surface area contributed by atoms with Crippen LogP contribution in [0.2, 0.25) is 0 Å². The van der Waals surface area contributed by atoms with Gasteiger partial charge in [0.05, 0.1) is 22.3 Å². The number of rotatable bonds is 4. The van der Waals surface area contributed by atoms with E-state index in [0.717, 1.165) is 0 Å². The smallest absolute Gasteiger partial charge is 0.358 e. The first-order valence-electron chi connectivity index (χ1n) is 11.9. The van der Waals surface area contributed by atoms with Crippen LogP contribution in [0.25, 0.3) is 0 Å². The van der Waals surface area contributed by atoms with Gasteiger partial charge in [0.2, 0.25) is 0 Å². The SMILES string of the molecule is FC(F)(F)c1cc(NC(=S)NC2CCCC[C@@H]2NC(=S)Nc2cc(C(F)(F)F)cc(C(F)(F)F)c2)cc(C(F)(F)F)c1. The Labute approximate surface area is 241 Å². The van der Waals surface area contributed by atoms with Gasteiger partial charge in [-0.2, -0.15) is 52.7 Å². The van der Waals surface area contributed by atoms with Crippen LogP contribution in [-0.4, -0.2) is 22.3 Å². The fraction of sp³-hybridized carbons (Fsp3) is 0.417. The summed E-state index contributed by atoms with van der Waals surface area (Å²) in [7, 11) is 0. The van der Waals surface area contributed by atoms with Crippen molar-refractivity contribution in [1.82, 2.24) is 10.6 Å². The third-order valence-corrected chi connectivity index (χ3v) is 6.53. The van der Waals surface area contributed by atoms with E-state index in [4.69, 9.17) is 24.4 Å². The molecule has 0 amide bonds. The maximum absolute atomic E-state index is 13.2. The molecule has 1 saturated carbocycles. The first kappa shape index (κ1) is 33.5. The average molecular weight is 657 g/mol. The van der Waals surface area contributed by atoms with Gasteiger partial charge in [0.25, 0.3) is 0 Å². The van der Waals surface area contributed by atoms with Crippen LogP contribution in [0.3, 0.4) is 0 Å². The molecule has 1 unspecified atom stereocenters. The Hall–Kier alpha value is -3.02. The molecule has 2 aromatic carbocycles. The molecular weight excluding hydrogens is 636 g/mol. The normalized spacial score (nSPS) is 18.3. The molecule has 18 heteroatoms. The quantitative estimate of drug-likeness (QED) is 0.196. The van der Waals surface area contributed by atoms with E-state index in [-0.39, 0.29) is 22.4 Å². The maximum Gasteiger partial charge on any atom is 0.416 e. The third-order valence-electron chi connectivity index (χ3n) is 6.09. The van der Waals surface area contributed by atoms with Crippen LogP contribution in [0.1, 0.15) is 47.9 Å². The molecule has 4 nitrogen and oxygen atoms in total. The van der Waals surface area contributed by atoms with Crippen molar-refractivity contribution in [2.75, 3.05) is 10.6 Å². The molecule has 42 heavy (non-hydrogen) atoms. The molecule has 4 N–H and O–H groups in total. The Bertz CT molecular complexity index is 1140. The van der Waals surface area contributed by atoms with Gasteiger partial charge in [-0.05, 0) is 73.7 Å². The lowest BCUT2D eigenvalue weighted by Gasteiger charge is -2.34. The molecule has 3 rings (SSSR count). The minimum atomic E-state index is -5.08. The highest BCUT2D eigenvalue weighted by Crippen LogP contribution is 2.39. The van der Waals surface area contributed by atoms with Gasteiger partial charge in [0.1, 0.15) is 0 Å². The van der Waals surface area contributed by atoms with Crippen molar-refractivity contribution in [2.24, 2.45) is 0 Å². The van der Waals surface area contributed by atoms with Gasteiger partial charge in [-0.3, -0.25) is 0 Å². The molecule has 0 aliphatic heterocycles. The molecule has 2 atom stereocenters. The highest BCUT2D eigenvalue weighted by molar-refractivity contribution is 7.80. The zero-order valence-electron chi connectivity index (χ0n) is 20.8. The zero-order valence-corrected chi connectivity index (χ0v) is 22.4. The fourth-order valence-corrected chi connectivity index (χ4v) is 4.74. The third kappa shape index (κ3) is 9.24. The number of alkyl halides is 12. The summed E-state index contributed by atoms with van der Waals surface area (Å²) in [6, 6.07) is 0.480. The lowest BCUT2D eigenvalue weighted by atomic mass is 9.90. The second kappa shape index (κ2) is 12.3. The highest BCUT2D eigenvalue weighted by Gasteiger charge is 2.38. The minimum absolute atomic E-state index is 0.0429. The standard InChI is InChI=1S/C24H20F12N4S2/c25-21(26,27)11-5-12(22(28,29)30)8-15(7-11)37-19(41)39-17-3-1-2-4-18(17)40-20(42)38-16-9-13(23(31,32)33)6-14(10-16)24(34,35)36/h5-10,17-18H,1-4H2,(H2,37,39,41)(H2,38,40,42)/t17-,18?/m0/s1. The van der Waals surface area contributed by atoms with Crippen molar-refractivity contribution in [3.63, 3.8) is 0 Å². The minimum Gasteiger partial charge on any atom is -0.358 e. The first-order chi connectivity index (χ1) is 19.1. The summed E-state index contributed by atoms with van der Waals surface area (Å²) in [5, 5.41) is 9.49. The molecule has 2 aromatic rings. The number of benzene rings is 2. The number of thiocarbonyl (C=S) groups is 2. The largest absolute Gasteiger partial charge is 0.416 e. The van der Waals surface area contributed by atoms with Crippen molar-refractivity contribution in [2.45, 2.75) is 62.5 Å². The number of hydrogen-bond donors (Lipinski definition) is 4. The van der Waals surface area contributed by atoms with E-state index < -0.39 is 70.4 Å². The Morgan fingerprint density at radius 3 is 1.00 bits per heavy atom. The van der Waals surface area contributed by atoms with Crippen molar-refractivity contribution < 1.29 is 52.7 Å².